The van der Waals surface area contributed by atoms with Crippen molar-refractivity contribution in [1.82, 2.24) is 4.90 Å². The van der Waals surface area contributed by atoms with E-state index in [1.54, 1.807) is 0 Å². The number of nitrogens with zero attached hydrogens (tertiary/aromatic N) is 1. The largest absolute Gasteiger partial charge is 0.299 e. The van der Waals surface area contributed by atoms with Gasteiger partial charge in [0.2, 0.25) is 15.2 Å². The van der Waals surface area contributed by atoms with E-state index in [1.165, 1.54) is 10.6 Å². The molecule has 0 N–H and O–H groups in total. The van der Waals surface area contributed by atoms with E-state index in [0.29, 0.717) is 27.3 Å². The summed E-state index contributed by atoms with van der Waals surface area (Å²) in [4.78, 5) is 2.46. The third-order valence-electron chi connectivity index (χ3n) is 3.25. The van der Waals surface area contributed by atoms with Crippen molar-refractivity contribution in [3.8, 4) is 0 Å². The van der Waals surface area contributed by atoms with Crippen LogP contribution in [0.2, 0.25) is 10.6 Å². The molecule has 0 aliphatic carbocycles. The molecule has 0 aliphatic rings. The maximum atomic E-state index is 2.46. The molecule has 0 aromatic carbocycles. The Morgan fingerprint density at radius 2 is 1.06 bits per heavy atom. The molecule has 0 aromatic rings. The topological polar surface area (TPSA) is 3.24 Å². The zero-order chi connectivity index (χ0) is 14.7. The Kier molecular flexibility index (Phi) is 14.5. The standard InChI is InChI=1S/C8H19N.2C4H9.Al.H/c1-6-9(7(2)3)8(4)5;2*1-4(2)3;;/h7-8H,6H2,1-5H3;2*4H,1H2,2-3H3;;. The van der Waals surface area contributed by atoms with Crippen LogP contribution in [0, 0.1) is 11.8 Å². The van der Waals surface area contributed by atoms with Crippen molar-refractivity contribution >= 4 is 15.2 Å². The Balaban J connectivity index is 0. The maximum Gasteiger partial charge on any atom is 0.237 e. The van der Waals surface area contributed by atoms with Crippen molar-refractivity contribution in [1.29, 1.82) is 0 Å². The predicted octanol–water partition coefficient (Wildman–Crippen LogP) is 4.70. The molecule has 110 valence electrons. The predicted molar refractivity (Wildman–Crippen MR) is 89.1 cm³/mol. The minimum absolute atomic E-state index is 0.316. The van der Waals surface area contributed by atoms with Gasteiger partial charge in [0, 0.05) is 12.1 Å². The van der Waals surface area contributed by atoms with Gasteiger partial charge in [-0.1, -0.05) is 57.0 Å². The molecule has 0 aliphatic heterocycles. The SMILES string of the molecule is CC(C)[CH2][AlH][CH2]C(C)C.CCN(C(C)C)C(C)C. The summed E-state index contributed by atoms with van der Waals surface area (Å²) in [5.41, 5.74) is 0. The monoisotopic (exact) mass is 271 g/mol. The van der Waals surface area contributed by atoms with E-state index in [2.05, 4.69) is 67.2 Å². The van der Waals surface area contributed by atoms with Crippen LogP contribution in [0.15, 0.2) is 0 Å². The highest BCUT2D eigenvalue weighted by Crippen LogP contribution is 2.05. The third-order valence-corrected chi connectivity index (χ3v) is 6.38. The van der Waals surface area contributed by atoms with Crippen LogP contribution in [-0.2, 0) is 0 Å². The first-order chi connectivity index (χ1) is 8.22. The molecule has 18 heavy (non-hydrogen) atoms. The first-order valence-electron chi connectivity index (χ1n) is 7.98. The van der Waals surface area contributed by atoms with E-state index in [0.717, 1.165) is 18.4 Å². The minimum atomic E-state index is 0.316. The summed E-state index contributed by atoms with van der Waals surface area (Å²) in [7, 11) is 0. The lowest BCUT2D eigenvalue weighted by atomic mass is 10.2. The second-order valence-electron chi connectivity index (χ2n) is 6.74. The van der Waals surface area contributed by atoms with Gasteiger partial charge in [0.15, 0.2) is 0 Å². The van der Waals surface area contributed by atoms with E-state index >= 15 is 0 Å². The molecule has 2 heteroatoms. The molecule has 0 heterocycles. The summed E-state index contributed by atoms with van der Waals surface area (Å²) in [6, 6.07) is 1.38. The minimum Gasteiger partial charge on any atom is -0.299 e. The lowest BCUT2D eigenvalue weighted by molar-refractivity contribution is 0.185. The van der Waals surface area contributed by atoms with E-state index in [4.69, 9.17) is 0 Å². The van der Waals surface area contributed by atoms with Crippen molar-refractivity contribution in [2.24, 2.45) is 11.8 Å². The summed E-state index contributed by atoms with van der Waals surface area (Å²) in [5.74, 6) is 1.91. The second kappa shape index (κ2) is 12.5. The van der Waals surface area contributed by atoms with Crippen LogP contribution in [0.1, 0.15) is 62.3 Å². The molecule has 0 spiro atoms. The van der Waals surface area contributed by atoms with E-state index in [-0.39, 0.29) is 0 Å². The van der Waals surface area contributed by atoms with Crippen molar-refractivity contribution in [2.75, 3.05) is 6.54 Å². The molecule has 0 aromatic heterocycles. The van der Waals surface area contributed by atoms with E-state index in [9.17, 15) is 0 Å². The Bertz CT molecular complexity index is 148. The summed E-state index contributed by atoms with van der Waals surface area (Å²) >= 11 is 0.316. The van der Waals surface area contributed by atoms with E-state index < -0.39 is 0 Å². The molecule has 1 nitrogen and oxygen atoms in total. The zero-order valence-electron chi connectivity index (χ0n) is 14.6. The van der Waals surface area contributed by atoms with Crippen LogP contribution in [0.4, 0.5) is 0 Å². The van der Waals surface area contributed by atoms with Crippen molar-refractivity contribution < 1.29 is 0 Å². The molecule has 0 fully saturated rings. The van der Waals surface area contributed by atoms with Gasteiger partial charge >= 0.3 is 0 Å². The van der Waals surface area contributed by atoms with Gasteiger partial charge in [0.1, 0.15) is 0 Å². The Labute approximate surface area is 123 Å². The molecular weight excluding hydrogens is 233 g/mol. The molecule has 0 atom stereocenters. The first-order valence-corrected chi connectivity index (χ1v) is 9.98. The third kappa shape index (κ3) is 14.6. The van der Waals surface area contributed by atoms with Crippen LogP contribution in [0.3, 0.4) is 0 Å². The van der Waals surface area contributed by atoms with Crippen LogP contribution in [0.25, 0.3) is 0 Å². The smallest absolute Gasteiger partial charge is 0.237 e. The fourth-order valence-corrected chi connectivity index (χ4v) is 4.13. The Morgan fingerprint density at radius 3 is 1.17 bits per heavy atom. The molecule has 0 rings (SSSR count). The van der Waals surface area contributed by atoms with Gasteiger partial charge in [-0.05, 0) is 34.2 Å². The van der Waals surface area contributed by atoms with Crippen molar-refractivity contribution in [3.05, 3.63) is 0 Å². The van der Waals surface area contributed by atoms with Crippen LogP contribution < -0.4 is 0 Å². The summed E-state index contributed by atoms with van der Waals surface area (Å²) in [6.45, 7) is 21.6. The highest BCUT2D eigenvalue weighted by atomic mass is 27.1. The zero-order valence-corrected chi connectivity index (χ0v) is 16.0. The number of hydrogen-bond donors (Lipinski definition) is 0. The molecule has 0 unspecified atom stereocenters. The van der Waals surface area contributed by atoms with Gasteiger partial charge in [-0.3, -0.25) is 4.90 Å². The quantitative estimate of drug-likeness (QED) is 0.607. The lowest BCUT2D eigenvalue weighted by Gasteiger charge is -2.28. The molecular formula is C16H38AlN. The summed E-state index contributed by atoms with van der Waals surface area (Å²) < 4.78 is 0. The summed E-state index contributed by atoms with van der Waals surface area (Å²) in [5, 5.41) is 3.08. The molecule has 0 saturated heterocycles. The number of hydrogen-bond acceptors (Lipinski definition) is 1. The number of rotatable bonds is 7. The average Bonchev–Trinajstić information content (AvgIpc) is 2.16. The average molecular weight is 271 g/mol. The molecule has 0 radical (unpaired) electrons. The fraction of sp³-hybridized carbons (Fsp3) is 1.00. The molecule has 0 bridgehead atoms. The van der Waals surface area contributed by atoms with Crippen LogP contribution >= 0.6 is 0 Å². The highest BCUT2D eigenvalue weighted by Gasteiger charge is 2.09. The molecule has 0 amide bonds. The Hall–Kier alpha value is 0.492. The van der Waals surface area contributed by atoms with Gasteiger partial charge in [0.05, 0.1) is 0 Å². The molecule has 0 saturated carbocycles. The van der Waals surface area contributed by atoms with Gasteiger partial charge in [0.25, 0.3) is 0 Å². The highest BCUT2D eigenvalue weighted by molar-refractivity contribution is 6.35. The fourth-order valence-electron chi connectivity index (χ4n) is 2.26. The summed E-state index contributed by atoms with van der Waals surface area (Å²) in [6.07, 6.45) is 0. The van der Waals surface area contributed by atoms with Crippen molar-refractivity contribution in [3.63, 3.8) is 0 Å². The van der Waals surface area contributed by atoms with E-state index in [1.807, 2.05) is 0 Å². The van der Waals surface area contributed by atoms with Gasteiger partial charge < -0.3 is 0 Å². The lowest BCUT2D eigenvalue weighted by Crippen LogP contribution is -2.36. The normalized spacial score (nSPS) is 11.4. The second-order valence-corrected chi connectivity index (χ2v) is 8.60. The maximum absolute atomic E-state index is 2.46. The van der Waals surface area contributed by atoms with Gasteiger partial charge in [-0.2, -0.15) is 0 Å². The van der Waals surface area contributed by atoms with Gasteiger partial charge in [-0.25, -0.2) is 0 Å². The van der Waals surface area contributed by atoms with Crippen LogP contribution in [-0.4, -0.2) is 38.7 Å². The van der Waals surface area contributed by atoms with Crippen LogP contribution in [0.5, 0.6) is 0 Å². The van der Waals surface area contributed by atoms with Gasteiger partial charge in [-0.15, -0.1) is 0 Å². The Morgan fingerprint density at radius 1 is 0.722 bits per heavy atom. The first kappa shape index (κ1) is 20.8. The van der Waals surface area contributed by atoms with Crippen molar-refractivity contribution in [2.45, 2.75) is 85.0 Å².